The maximum absolute atomic E-state index is 2.35. The number of thiophene rings is 4. The van der Waals surface area contributed by atoms with Crippen molar-refractivity contribution in [3.8, 4) is 52.9 Å². The van der Waals surface area contributed by atoms with Crippen molar-refractivity contribution in [1.29, 1.82) is 0 Å². The Labute approximate surface area is 380 Å². The molecule has 0 bridgehead atoms. The highest BCUT2D eigenvalue weighted by atomic mass is 32.1. The van der Waals surface area contributed by atoms with Crippen LogP contribution in [0.1, 0.15) is 19.5 Å². The van der Waals surface area contributed by atoms with Gasteiger partial charge in [0.2, 0.25) is 0 Å². The van der Waals surface area contributed by atoms with Crippen LogP contribution in [-0.4, -0.2) is 0 Å². The molecular formula is C56H44N2S4. The molecule has 0 saturated carbocycles. The SMILES string of the molecule is Cc1ccc(-c2ccc(N(c3ccc(-c4ccc(N(c5ccc(-c6ccc(C)s6)cc5)c5ccc(-c6ccc(C)s6)cc5)cc4)cc3)c3ccc(-c4ccc(C)s4)cc3)cc2)s1. The van der Waals surface area contributed by atoms with Crippen LogP contribution in [0.25, 0.3) is 52.9 Å². The van der Waals surface area contributed by atoms with E-state index in [0.29, 0.717) is 0 Å². The Morgan fingerprint density at radius 3 is 0.548 bits per heavy atom. The predicted octanol–water partition coefficient (Wildman–Crippen LogP) is 18.4. The minimum atomic E-state index is 1.11. The molecule has 0 N–H and O–H groups in total. The largest absolute Gasteiger partial charge is 0.311 e. The molecule has 302 valence electrons. The summed E-state index contributed by atoms with van der Waals surface area (Å²) in [6.45, 7) is 8.66. The molecule has 2 nitrogen and oxygen atoms in total. The molecule has 10 aromatic rings. The fourth-order valence-corrected chi connectivity index (χ4v) is 11.5. The third kappa shape index (κ3) is 8.35. The minimum Gasteiger partial charge on any atom is -0.311 e. The zero-order valence-electron chi connectivity index (χ0n) is 35.0. The van der Waals surface area contributed by atoms with E-state index in [-0.39, 0.29) is 0 Å². The summed E-state index contributed by atoms with van der Waals surface area (Å²) in [5, 5.41) is 0. The number of rotatable bonds is 11. The number of anilines is 6. The van der Waals surface area contributed by atoms with Gasteiger partial charge in [-0.15, -0.1) is 45.3 Å². The highest BCUT2D eigenvalue weighted by molar-refractivity contribution is 7.16. The van der Waals surface area contributed by atoms with Crippen molar-refractivity contribution in [3.63, 3.8) is 0 Å². The lowest BCUT2D eigenvalue weighted by molar-refractivity contribution is 1.28. The molecule has 4 aromatic heterocycles. The monoisotopic (exact) mass is 872 g/mol. The Bertz CT molecular complexity index is 2690. The molecule has 0 spiro atoms. The summed E-state index contributed by atoms with van der Waals surface area (Å²) in [7, 11) is 0. The molecule has 0 fully saturated rings. The summed E-state index contributed by atoms with van der Waals surface area (Å²) in [4.78, 5) is 15.2. The van der Waals surface area contributed by atoms with Gasteiger partial charge in [0.05, 0.1) is 0 Å². The molecule has 6 aromatic carbocycles. The van der Waals surface area contributed by atoms with Gasteiger partial charge in [-0.1, -0.05) is 72.8 Å². The summed E-state index contributed by atoms with van der Waals surface area (Å²) in [5.41, 5.74) is 14.0. The molecule has 0 radical (unpaired) electrons. The van der Waals surface area contributed by atoms with Gasteiger partial charge in [0, 0.05) is 73.1 Å². The Morgan fingerprint density at radius 1 is 0.210 bits per heavy atom. The van der Waals surface area contributed by atoms with Crippen molar-refractivity contribution >= 4 is 79.5 Å². The Balaban J connectivity index is 0.958. The van der Waals surface area contributed by atoms with Crippen LogP contribution < -0.4 is 9.80 Å². The van der Waals surface area contributed by atoms with E-state index >= 15 is 0 Å². The highest BCUT2D eigenvalue weighted by Crippen LogP contribution is 2.41. The van der Waals surface area contributed by atoms with E-state index in [2.05, 4.69) is 232 Å². The Hall–Kier alpha value is -6.28. The first kappa shape index (κ1) is 39.8. The van der Waals surface area contributed by atoms with Crippen molar-refractivity contribution in [3.05, 3.63) is 214 Å². The van der Waals surface area contributed by atoms with Gasteiger partial charge in [0.25, 0.3) is 0 Å². The second-order valence-corrected chi connectivity index (χ2v) is 20.7. The van der Waals surface area contributed by atoms with Crippen LogP contribution in [-0.2, 0) is 0 Å². The van der Waals surface area contributed by atoms with E-state index in [9.17, 15) is 0 Å². The molecule has 0 saturated heterocycles. The van der Waals surface area contributed by atoms with Gasteiger partial charge in [-0.25, -0.2) is 0 Å². The van der Waals surface area contributed by atoms with E-state index in [1.165, 1.54) is 72.4 Å². The molecule has 0 aliphatic carbocycles. The molecule has 10 rings (SSSR count). The third-order valence-corrected chi connectivity index (χ3v) is 15.4. The lowest BCUT2D eigenvalue weighted by Gasteiger charge is -2.26. The van der Waals surface area contributed by atoms with Gasteiger partial charge in [-0.3, -0.25) is 0 Å². The minimum absolute atomic E-state index is 1.11. The first-order valence-electron chi connectivity index (χ1n) is 20.8. The van der Waals surface area contributed by atoms with Gasteiger partial charge < -0.3 is 9.80 Å². The third-order valence-electron chi connectivity index (χ3n) is 11.2. The van der Waals surface area contributed by atoms with Gasteiger partial charge in [-0.2, -0.15) is 0 Å². The van der Waals surface area contributed by atoms with Crippen LogP contribution in [0.4, 0.5) is 34.1 Å². The smallest absolute Gasteiger partial charge is 0.0462 e. The average Bonchev–Trinajstić information content (AvgIpc) is 4.15. The highest BCUT2D eigenvalue weighted by Gasteiger charge is 2.17. The van der Waals surface area contributed by atoms with Gasteiger partial charge in [0.1, 0.15) is 0 Å². The number of hydrogen-bond acceptors (Lipinski definition) is 6. The molecule has 6 heteroatoms. The fourth-order valence-electron chi connectivity index (χ4n) is 7.96. The molecule has 4 heterocycles. The second kappa shape index (κ2) is 17.2. The summed E-state index contributed by atoms with van der Waals surface area (Å²) in [6, 6.07) is 71.5. The van der Waals surface area contributed by atoms with E-state index in [1.54, 1.807) is 0 Å². The van der Waals surface area contributed by atoms with Crippen molar-refractivity contribution in [2.24, 2.45) is 0 Å². The van der Waals surface area contributed by atoms with Crippen LogP contribution in [0.5, 0.6) is 0 Å². The number of nitrogens with zero attached hydrogens (tertiary/aromatic N) is 2. The lowest BCUT2D eigenvalue weighted by atomic mass is 10.0. The summed E-state index contributed by atoms with van der Waals surface area (Å²) >= 11 is 7.34. The summed E-state index contributed by atoms with van der Waals surface area (Å²) in [5.74, 6) is 0. The standard InChI is InChI=1S/C56H44N2S4/c1-37-5-33-53(59-37)43-13-25-49(26-14-43)57(50-27-15-44(16-28-50)54-34-6-38(2)60-54)47-21-9-41(10-22-47)42-11-23-48(24-12-42)58(51-29-17-45(18-30-51)55-35-7-39(3)61-55)52-31-19-46(20-32-52)56-36-8-40(4)62-56/h5-36H,1-4H3. The molecular weight excluding hydrogens is 829 g/mol. The first-order chi connectivity index (χ1) is 30.3. The fraction of sp³-hybridized carbons (Fsp3) is 0.0714. The predicted molar refractivity (Wildman–Crippen MR) is 273 cm³/mol. The van der Waals surface area contributed by atoms with E-state index in [4.69, 9.17) is 0 Å². The second-order valence-electron chi connectivity index (χ2n) is 15.6. The van der Waals surface area contributed by atoms with Crippen LogP contribution >= 0.6 is 45.3 Å². The van der Waals surface area contributed by atoms with E-state index < -0.39 is 0 Å². The van der Waals surface area contributed by atoms with Gasteiger partial charge >= 0.3 is 0 Å². The maximum Gasteiger partial charge on any atom is 0.0462 e. The molecule has 0 atom stereocenters. The molecule has 0 aliphatic heterocycles. The van der Waals surface area contributed by atoms with Gasteiger partial charge in [0.15, 0.2) is 0 Å². The van der Waals surface area contributed by atoms with Crippen molar-refractivity contribution in [2.45, 2.75) is 27.7 Å². The molecule has 62 heavy (non-hydrogen) atoms. The Morgan fingerprint density at radius 2 is 0.387 bits per heavy atom. The zero-order valence-corrected chi connectivity index (χ0v) is 38.3. The normalized spacial score (nSPS) is 11.2. The molecule has 0 amide bonds. The lowest BCUT2D eigenvalue weighted by Crippen LogP contribution is -2.10. The van der Waals surface area contributed by atoms with E-state index in [1.807, 2.05) is 45.3 Å². The Kier molecular flexibility index (Phi) is 11.1. The van der Waals surface area contributed by atoms with Crippen LogP contribution in [0.15, 0.2) is 194 Å². The van der Waals surface area contributed by atoms with Crippen molar-refractivity contribution in [2.75, 3.05) is 9.80 Å². The average molecular weight is 873 g/mol. The summed E-state index contributed by atoms with van der Waals surface area (Å²) < 4.78 is 0. The number of benzene rings is 6. The first-order valence-corrected chi connectivity index (χ1v) is 24.1. The molecule has 0 unspecified atom stereocenters. The summed E-state index contributed by atoms with van der Waals surface area (Å²) in [6.07, 6.45) is 0. The van der Waals surface area contributed by atoms with Crippen molar-refractivity contribution < 1.29 is 0 Å². The number of hydrogen-bond donors (Lipinski definition) is 0. The topological polar surface area (TPSA) is 6.48 Å². The zero-order chi connectivity index (χ0) is 42.2. The number of aryl methyl sites for hydroxylation is 4. The van der Waals surface area contributed by atoms with Crippen LogP contribution in [0.2, 0.25) is 0 Å². The van der Waals surface area contributed by atoms with Crippen molar-refractivity contribution in [1.82, 2.24) is 0 Å². The molecule has 0 aliphatic rings. The van der Waals surface area contributed by atoms with E-state index in [0.717, 1.165) is 34.1 Å². The van der Waals surface area contributed by atoms with Crippen LogP contribution in [0.3, 0.4) is 0 Å². The maximum atomic E-state index is 2.35. The quantitative estimate of drug-likeness (QED) is 0.128. The van der Waals surface area contributed by atoms with Gasteiger partial charge in [-0.05, 0) is 182 Å². The van der Waals surface area contributed by atoms with Crippen LogP contribution in [0, 0.1) is 27.7 Å².